The average Bonchev–Trinajstić information content (AvgIpc) is 3.62. The van der Waals surface area contributed by atoms with E-state index in [1.807, 2.05) is 0 Å². The SMILES string of the molecule is Nc1nc(/C(=N/OCc2cc(=O)c(O)cn2O)C(=O)N[C@@H]2C(=O)N3C(C(=O)O)=C(CSc4cn[nH]n4)CS[C@H]23)cs1. The number of nitrogen functional groups attached to an aromatic ring is 1. The molecule has 2 amide bonds. The topological polar surface area (TPSA) is 251 Å². The summed E-state index contributed by atoms with van der Waals surface area (Å²) in [6.45, 7) is -0.473. The molecule has 3 aromatic rings. The number of thioether (sulfide) groups is 2. The summed E-state index contributed by atoms with van der Waals surface area (Å²) in [7, 11) is 0. The summed E-state index contributed by atoms with van der Waals surface area (Å²) in [5.74, 6) is -2.85. The minimum Gasteiger partial charge on any atom is -0.503 e. The molecule has 0 saturated carbocycles. The molecule has 0 radical (unpaired) electrons. The Kier molecular flexibility index (Phi) is 7.85. The zero-order chi connectivity index (χ0) is 29.3. The Labute approximate surface area is 241 Å². The second-order valence-electron chi connectivity index (χ2n) is 8.36. The quantitative estimate of drug-likeness (QED) is 0.0544. The van der Waals surface area contributed by atoms with Crippen LogP contribution in [0.2, 0.25) is 0 Å². The predicted molar refractivity (Wildman–Crippen MR) is 144 cm³/mol. The maximum Gasteiger partial charge on any atom is 0.352 e. The van der Waals surface area contributed by atoms with Gasteiger partial charge in [-0.2, -0.15) is 15.0 Å². The van der Waals surface area contributed by atoms with E-state index in [9.17, 15) is 34.6 Å². The lowest BCUT2D eigenvalue weighted by Gasteiger charge is -2.49. The Bertz CT molecular complexity index is 1630. The van der Waals surface area contributed by atoms with Crippen LogP contribution >= 0.6 is 34.9 Å². The lowest BCUT2D eigenvalue weighted by Crippen LogP contribution is -2.71. The summed E-state index contributed by atoms with van der Waals surface area (Å²) in [4.78, 5) is 60.4. The third kappa shape index (κ3) is 5.69. The maximum absolute atomic E-state index is 13.2. The smallest absolute Gasteiger partial charge is 0.352 e. The summed E-state index contributed by atoms with van der Waals surface area (Å²) < 4.78 is 0.459. The highest BCUT2D eigenvalue weighted by Crippen LogP contribution is 2.41. The molecule has 7 N–H and O–H groups in total. The Morgan fingerprint density at radius 1 is 1.37 bits per heavy atom. The van der Waals surface area contributed by atoms with Gasteiger partial charge in [0.05, 0.1) is 12.4 Å². The molecule has 41 heavy (non-hydrogen) atoms. The number of anilines is 1. The van der Waals surface area contributed by atoms with Crippen LogP contribution in [0, 0.1) is 0 Å². The van der Waals surface area contributed by atoms with E-state index in [2.05, 4.69) is 30.9 Å². The number of carbonyl (C=O) groups excluding carboxylic acids is 2. The van der Waals surface area contributed by atoms with Gasteiger partial charge in [0, 0.05) is 23.0 Å². The van der Waals surface area contributed by atoms with Gasteiger partial charge in [-0.25, -0.2) is 9.78 Å². The van der Waals surface area contributed by atoms with Crippen molar-refractivity contribution in [1.29, 1.82) is 0 Å². The van der Waals surface area contributed by atoms with Crippen molar-refractivity contribution < 1.29 is 34.6 Å². The van der Waals surface area contributed by atoms with Crippen LogP contribution in [0.4, 0.5) is 5.13 Å². The van der Waals surface area contributed by atoms with Crippen LogP contribution in [0.5, 0.6) is 5.75 Å². The number of pyridine rings is 1. The maximum atomic E-state index is 13.2. The molecule has 1 fully saturated rings. The molecule has 1 saturated heterocycles. The number of fused-ring (bicyclic) bond motifs is 1. The number of aliphatic carboxylic acids is 1. The number of β-lactam (4-membered cyclic amide) rings is 1. The Balaban J connectivity index is 1.31. The van der Waals surface area contributed by atoms with E-state index in [4.69, 9.17) is 10.6 Å². The first kappa shape index (κ1) is 28.0. The first-order valence-electron chi connectivity index (χ1n) is 11.4. The van der Waals surface area contributed by atoms with Crippen molar-refractivity contribution in [2.24, 2.45) is 5.16 Å². The molecule has 0 unspecified atom stereocenters. The average molecular weight is 622 g/mol. The molecular weight excluding hydrogens is 602 g/mol. The van der Waals surface area contributed by atoms with E-state index in [0.717, 1.165) is 28.5 Å². The monoisotopic (exact) mass is 621 g/mol. The molecule has 2 aliphatic heterocycles. The van der Waals surface area contributed by atoms with Gasteiger partial charge in [0.25, 0.3) is 11.8 Å². The number of hydrogen-bond acceptors (Lipinski definition) is 15. The number of carboxylic acid groups (broad SMARTS) is 1. The lowest BCUT2D eigenvalue weighted by atomic mass is 10.0. The summed E-state index contributed by atoms with van der Waals surface area (Å²) in [5, 5.41) is 47.0. The molecule has 0 bridgehead atoms. The van der Waals surface area contributed by atoms with E-state index in [0.29, 0.717) is 21.1 Å². The van der Waals surface area contributed by atoms with Crippen LogP contribution in [0.15, 0.2) is 50.1 Å². The van der Waals surface area contributed by atoms with Gasteiger partial charge in [0.1, 0.15) is 33.5 Å². The van der Waals surface area contributed by atoms with Crippen molar-refractivity contribution in [2.75, 3.05) is 17.2 Å². The highest BCUT2D eigenvalue weighted by atomic mass is 32.2. The molecule has 2 atom stereocenters. The normalized spacial score (nSPS) is 18.6. The number of carboxylic acids is 1. The van der Waals surface area contributed by atoms with E-state index < -0.39 is 47.0 Å². The molecule has 2 aliphatic rings. The van der Waals surface area contributed by atoms with Crippen LogP contribution in [-0.4, -0.2) is 91.9 Å². The van der Waals surface area contributed by atoms with Crippen LogP contribution in [-0.2, 0) is 25.8 Å². The lowest BCUT2D eigenvalue weighted by molar-refractivity contribution is -0.150. The number of rotatable bonds is 10. The van der Waals surface area contributed by atoms with Crippen molar-refractivity contribution in [1.82, 2.24) is 35.3 Å². The zero-order valence-electron chi connectivity index (χ0n) is 20.5. The summed E-state index contributed by atoms with van der Waals surface area (Å²) in [6.07, 6.45) is 2.27. The number of hydrogen-bond donors (Lipinski definition) is 6. The molecule has 0 spiro atoms. The van der Waals surface area contributed by atoms with Gasteiger partial charge in [0.15, 0.2) is 23.2 Å². The Morgan fingerprint density at radius 2 is 2.17 bits per heavy atom. The first-order chi connectivity index (χ1) is 19.6. The number of H-pyrrole nitrogens is 1. The van der Waals surface area contributed by atoms with Gasteiger partial charge in [-0.3, -0.25) is 19.3 Å². The van der Waals surface area contributed by atoms with E-state index >= 15 is 0 Å². The molecular formula is C21H19N9O8S3. The van der Waals surface area contributed by atoms with Crippen molar-refractivity contribution >= 4 is 63.5 Å². The van der Waals surface area contributed by atoms with E-state index in [-0.39, 0.29) is 33.7 Å². The van der Waals surface area contributed by atoms with Gasteiger partial charge in [0.2, 0.25) is 5.43 Å². The van der Waals surface area contributed by atoms with Gasteiger partial charge < -0.3 is 31.3 Å². The highest BCUT2D eigenvalue weighted by Gasteiger charge is 2.54. The fourth-order valence-electron chi connectivity index (χ4n) is 3.85. The van der Waals surface area contributed by atoms with Crippen LogP contribution in [0.3, 0.4) is 0 Å². The second kappa shape index (κ2) is 11.5. The van der Waals surface area contributed by atoms with Crippen LogP contribution in [0.1, 0.15) is 11.4 Å². The van der Waals surface area contributed by atoms with E-state index in [1.54, 1.807) is 0 Å². The largest absolute Gasteiger partial charge is 0.503 e. The number of nitrogens with two attached hydrogens (primary N) is 1. The third-order valence-corrected chi connectivity index (χ3v) is 8.76. The van der Waals surface area contributed by atoms with E-state index in [1.165, 1.54) is 35.1 Å². The fraction of sp³-hybridized carbons (Fsp3) is 0.238. The van der Waals surface area contributed by atoms with Gasteiger partial charge in [-0.05, 0) is 5.57 Å². The number of amides is 2. The molecule has 214 valence electrons. The Hall–Kier alpha value is -4.56. The number of nitrogens with zero attached hydrogens (tertiary/aromatic N) is 6. The second-order valence-corrected chi connectivity index (χ2v) is 11.3. The van der Waals surface area contributed by atoms with Gasteiger partial charge in [-0.15, -0.1) is 28.2 Å². The number of aromatic nitrogens is 5. The number of thiazole rings is 1. The minimum absolute atomic E-state index is 0.0373. The fourth-order valence-corrected chi connectivity index (χ4v) is 6.67. The third-order valence-electron chi connectivity index (χ3n) is 5.76. The number of oxime groups is 1. The number of nitrogens with one attached hydrogen (secondary N) is 2. The number of aromatic hydroxyl groups is 1. The summed E-state index contributed by atoms with van der Waals surface area (Å²) in [5.41, 5.74) is 4.91. The summed E-state index contributed by atoms with van der Waals surface area (Å²) in [6, 6.07) is -0.146. The zero-order valence-corrected chi connectivity index (χ0v) is 22.9. The molecule has 0 aliphatic carbocycles. The van der Waals surface area contributed by atoms with Gasteiger partial charge >= 0.3 is 5.97 Å². The molecule has 17 nitrogen and oxygen atoms in total. The molecule has 3 aromatic heterocycles. The van der Waals surface area contributed by atoms with Crippen LogP contribution < -0.4 is 16.5 Å². The minimum atomic E-state index is -1.27. The van der Waals surface area contributed by atoms with Gasteiger partial charge in [-0.1, -0.05) is 16.9 Å². The van der Waals surface area contributed by atoms with Crippen molar-refractivity contribution in [3.8, 4) is 5.75 Å². The van der Waals surface area contributed by atoms with Crippen molar-refractivity contribution in [3.63, 3.8) is 0 Å². The molecule has 5 heterocycles. The van der Waals surface area contributed by atoms with Crippen LogP contribution in [0.25, 0.3) is 0 Å². The Morgan fingerprint density at radius 3 is 2.85 bits per heavy atom. The highest BCUT2D eigenvalue weighted by molar-refractivity contribution is 8.01. The summed E-state index contributed by atoms with van der Waals surface area (Å²) >= 11 is 3.58. The standard InChI is InChI=1S/C21H19N9O8S3/c22-21-24-10(7-41-21)14(27-38-4-9-1-11(31)12(32)3-29(9)37)17(33)25-15-18(34)30-16(20(35)36)8(6-40-19(15)30)5-39-13-2-23-28-26-13/h1-3,7,15,19,32,37H,4-6H2,(H2,22,24)(H,25,33)(H,35,36)(H,23,26,28)/b27-14-/t15-,19-/m1/s1. The first-order valence-corrected chi connectivity index (χ1v) is 14.3. The predicted octanol–water partition coefficient (Wildman–Crippen LogP) is -0.600. The molecule has 5 rings (SSSR count). The molecule has 20 heteroatoms. The molecule has 0 aromatic carbocycles. The van der Waals surface area contributed by atoms with Crippen molar-refractivity contribution in [3.05, 3.63) is 56.7 Å². The number of carbonyl (C=O) groups is 3. The van der Waals surface area contributed by atoms with Crippen molar-refractivity contribution in [2.45, 2.75) is 23.0 Å². The number of aromatic amines is 1.